The van der Waals surface area contributed by atoms with Gasteiger partial charge in [-0.2, -0.15) is 0 Å². The number of urea groups is 1. The molecule has 1 aromatic heterocycles. The van der Waals surface area contributed by atoms with Gasteiger partial charge >= 0.3 is 12.0 Å². The van der Waals surface area contributed by atoms with Crippen molar-refractivity contribution in [1.82, 2.24) is 15.6 Å². The van der Waals surface area contributed by atoms with Crippen LogP contribution in [0.2, 0.25) is 10.0 Å². The van der Waals surface area contributed by atoms with E-state index in [1.165, 1.54) is 0 Å². The zero-order chi connectivity index (χ0) is 25.1. The van der Waals surface area contributed by atoms with Crippen LogP contribution in [0.3, 0.4) is 0 Å². The summed E-state index contributed by atoms with van der Waals surface area (Å²) in [6.07, 6.45) is 3.24. The molecule has 0 atom stereocenters. The van der Waals surface area contributed by atoms with Gasteiger partial charge in [0.2, 0.25) is 0 Å². The molecule has 0 saturated heterocycles. The second kappa shape index (κ2) is 10.5. The number of hydrogen-bond acceptors (Lipinski definition) is 5. The number of rotatable bonds is 5. The Kier molecular flexibility index (Phi) is 7.38. The van der Waals surface area contributed by atoms with Crippen molar-refractivity contribution < 1.29 is 19.1 Å². The molecule has 7 nitrogen and oxygen atoms in total. The zero-order valence-electron chi connectivity index (χ0n) is 19.2. The summed E-state index contributed by atoms with van der Waals surface area (Å²) in [5.74, 6) is -1.36. The highest BCUT2D eigenvalue weighted by Crippen LogP contribution is 2.38. The molecule has 35 heavy (non-hydrogen) atoms. The Labute approximate surface area is 212 Å². The second-order valence-electron chi connectivity index (χ2n) is 8.43. The van der Waals surface area contributed by atoms with Gasteiger partial charge in [0.1, 0.15) is 0 Å². The molecule has 1 heterocycles. The first-order chi connectivity index (χ1) is 16.7. The van der Waals surface area contributed by atoms with E-state index in [9.17, 15) is 14.4 Å². The summed E-state index contributed by atoms with van der Waals surface area (Å²) >= 11 is 12.2. The lowest BCUT2D eigenvalue weighted by Crippen LogP contribution is -2.44. The second-order valence-corrected chi connectivity index (χ2v) is 9.24. The Hall–Kier alpha value is -3.42. The third kappa shape index (κ3) is 5.63. The molecule has 4 rings (SSSR count). The first-order valence-electron chi connectivity index (χ1n) is 11.1. The van der Waals surface area contributed by atoms with Crippen LogP contribution in [0.1, 0.15) is 47.4 Å². The molecule has 0 saturated carbocycles. The first kappa shape index (κ1) is 24.7. The maximum Gasteiger partial charge on any atom is 0.339 e. The van der Waals surface area contributed by atoms with Crippen LogP contribution in [0.25, 0.3) is 22.6 Å². The van der Waals surface area contributed by atoms with Crippen LogP contribution in [-0.2, 0) is 16.0 Å². The number of esters is 1. The number of para-hydroxylation sites is 1. The lowest BCUT2D eigenvalue weighted by Gasteiger charge is -2.13. The minimum atomic E-state index is -0.716. The molecule has 0 radical (unpaired) electrons. The van der Waals surface area contributed by atoms with Crippen molar-refractivity contribution in [2.24, 2.45) is 0 Å². The number of nitrogens with one attached hydrogen (secondary N) is 2. The number of amides is 3. The van der Waals surface area contributed by atoms with Crippen LogP contribution in [0.4, 0.5) is 4.79 Å². The van der Waals surface area contributed by atoms with E-state index >= 15 is 0 Å². The number of nitrogens with zero attached hydrogens (tertiary/aromatic N) is 1. The summed E-state index contributed by atoms with van der Waals surface area (Å²) in [6, 6.07) is 11.9. The summed E-state index contributed by atoms with van der Waals surface area (Å²) < 4.78 is 5.30. The highest BCUT2D eigenvalue weighted by molar-refractivity contribution is 6.42. The summed E-state index contributed by atoms with van der Waals surface area (Å²) in [4.78, 5) is 41.8. The van der Waals surface area contributed by atoms with E-state index in [1.54, 1.807) is 32.0 Å². The average molecular weight is 512 g/mol. The van der Waals surface area contributed by atoms with Crippen LogP contribution < -0.4 is 10.6 Å². The fraction of sp³-hybridized carbons (Fsp3) is 0.231. The molecular formula is C26H23Cl2N3O4. The number of benzene rings is 2. The fourth-order valence-electron chi connectivity index (χ4n) is 3.98. The van der Waals surface area contributed by atoms with E-state index < -0.39 is 24.5 Å². The predicted molar refractivity (Wildman–Crippen MR) is 136 cm³/mol. The molecule has 0 spiro atoms. The van der Waals surface area contributed by atoms with Crippen LogP contribution in [-0.4, -0.2) is 35.5 Å². The molecule has 9 heteroatoms. The van der Waals surface area contributed by atoms with E-state index in [0.717, 1.165) is 16.7 Å². The van der Waals surface area contributed by atoms with E-state index in [1.807, 2.05) is 30.3 Å². The van der Waals surface area contributed by atoms with Gasteiger partial charge in [-0.05, 0) is 67.7 Å². The number of imide groups is 1. The Morgan fingerprint density at radius 1 is 1.09 bits per heavy atom. The molecule has 0 bridgehead atoms. The summed E-state index contributed by atoms with van der Waals surface area (Å²) in [5, 5.41) is 6.25. The Balaban J connectivity index is 1.63. The van der Waals surface area contributed by atoms with Crippen LogP contribution in [0.5, 0.6) is 0 Å². The van der Waals surface area contributed by atoms with Gasteiger partial charge in [-0.25, -0.2) is 14.6 Å². The molecule has 1 aliphatic rings. The Morgan fingerprint density at radius 2 is 1.86 bits per heavy atom. The third-order valence-electron chi connectivity index (χ3n) is 5.44. The van der Waals surface area contributed by atoms with Crippen molar-refractivity contribution in [2.45, 2.75) is 32.7 Å². The van der Waals surface area contributed by atoms with Crippen molar-refractivity contribution >= 4 is 63.7 Å². The number of carbonyl (C=O) groups is 3. The van der Waals surface area contributed by atoms with Crippen LogP contribution in [0.15, 0.2) is 42.5 Å². The predicted octanol–water partition coefficient (Wildman–Crippen LogP) is 5.42. The van der Waals surface area contributed by atoms with Gasteiger partial charge in [-0.1, -0.05) is 47.5 Å². The minimum absolute atomic E-state index is 0.137. The van der Waals surface area contributed by atoms with Crippen molar-refractivity contribution in [3.63, 3.8) is 0 Å². The Morgan fingerprint density at radius 3 is 2.60 bits per heavy atom. The fourth-order valence-corrected chi connectivity index (χ4v) is 4.29. The molecular weight excluding hydrogens is 489 g/mol. The van der Waals surface area contributed by atoms with Crippen LogP contribution in [0, 0.1) is 0 Å². The smallest absolute Gasteiger partial charge is 0.339 e. The summed E-state index contributed by atoms with van der Waals surface area (Å²) in [7, 11) is 0. The summed E-state index contributed by atoms with van der Waals surface area (Å²) in [6.45, 7) is 2.95. The number of carbonyl (C=O) groups excluding carboxylic acids is 3. The van der Waals surface area contributed by atoms with Gasteiger partial charge in [0, 0.05) is 11.4 Å². The molecule has 3 amide bonds. The highest BCUT2D eigenvalue weighted by atomic mass is 35.5. The topological polar surface area (TPSA) is 97.4 Å². The SMILES string of the molecule is CC(C)NC(=O)NC(=O)COC(=O)c1c2c(nc3ccccc13)/C(=C/c1ccc(Cl)c(Cl)c1)CC2. The van der Waals surface area contributed by atoms with Gasteiger partial charge in [-0.3, -0.25) is 10.1 Å². The van der Waals surface area contributed by atoms with Gasteiger partial charge in [0.15, 0.2) is 6.61 Å². The highest BCUT2D eigenvalue weighted by Gasteiger charge is 2.28. The molecule has 1 aliphatic carbocycles. The van der Waals surface area contributed by atoms with Gasteiger partial charge < -0.3 is 10.1 Å². The van der Waals surface area contributed by atoms with Crippen molar-refractivity contribution in [3.05, 3.63) is 74.9 Å². The number of aromatic nitrogens is 1. The lowest BCUT2D eigenvalue weighted by molar-refractivity contribution is -0.123. The third-order valence-corrected chi connectivity index (χ3v) is 6.18. The van der Waals surface area contributed by atoms with E-state index in [0.29, 0.717) is 45.0 Å². The number of pyridine rings is 1. The number of fused-ring (bicyclic) bond motifs is 2. The van der Waals surface area contributed by atoms with Crippen LogP contribution >= 0.6 is 23.2 Å². The van der Waals surface area contributed by atoms with E-state index in [4.69, 9.17) is 32.9 Å². The van der Waals surface area contributed by atoms with E-state index in [2.05, 4.69) is 10.6 Å². The number of halogens is 2. The minimum Gasteiger partial charge on any atom is -0.452 e. The molecule has 0 fully saturated rings. The maximum atomic E-state index is 13.2. The summed E-state index contributed by atoms with van der Waals surface area (Å²) in [5.41, 5.74) is 4.32. The van der Waals surface area contributed by atoms with Gasteiger partial charge in [-0.15, -0.1) is 0 Å². The molecule has 0 unspecified atom stereocenters. The number of hydrogen-bond donors (Lipinski definition) is 2. The van der Waals surface area contributed by atoms with E-state index in [-0.39, 0.29) is 6.04 Å². The molecule has 2 aromatic carbocycles. The standard InChI is InChI=1S/C26H23Cl2N3O4/c1-14(2)29-26(34)31-22(32)13-35-25(33)23-17-5-3-4-6-21(17)30-24-16(8-9-18(23)24)11-15-7-10-19(27)20(28)12-15/h3-7,10-12,14H,8-9,13H2,1-2H3,(H2,29,31,32,34)/b16-11+. The zero-order valence-corrected chi connectivity index (χ0v) is 20.7. The molecule has 3 aromatic rings. The Bertz CT molecular complexity index is 1370. The molecule has 0 aliphatic heterocycles. The molecule has 2 N–H and O–H groups in total. The molecule has 180 valence electrons. The normalized spacial score (nSPS) is 13.7. The van der Waals surface area contributed by atoms with Crippen molar-refractivity contribution in [3.8, 4) is 0 Å². The quantitative estimate of drug-likeness (QED) is 0.445. The largest absolute Gasteiger partial charge is 0.452 e. The van der Waals surface area contributed by atoms with Crippen molar-refractivity contribution in [1.29, 1.82) is 0 Å². The number of ether oxygens (including phenoxy) is 1. The van der Waals surface area contributed by atoms with Gasteiger partial charge in [0.05, 0.1) is 26.8 Å². The lowest BCUT2D eigenvalue weighted by atomic mass is 10.0. The number of allylic oxidation sites excluding steroid dienone is 1. The first-order valence-corrected chi connectivity index (χ1v) is 11.8. The van der Waals surface area contributed by atoms with Gasteiger partial charge in [0.25, 0.3) is 5.91 Å². The monoisotopic (exact) mass is 511 g/mol. The average Bonchev–Trinajstić information content (AvgIpc) is 3.19. The van der Waals surface area contributed by atoms with Crippen molar-refractivity contribution in [2.75, 3.05) is 6.61 Å². The maximum absolute atomic E-state index is 13.2.